The first-order valence-electron chi connectivity index (χ1n) is 5.84. The van der Waals surface area contributed by atoms with Gasteiger partial charge in [0.15, 0.2) is 0 Å². The average molecular weight is 232 g/mol. The summed E-state index contributed by atoms with van der Waals surface area (Å²) in [7, 11) is 0. The molecule has 1 aliphatic heterocycles. The lowest BCUT2D eigenvalue weighted by Crippen LogP contribution is -2.22. The molecule has 17 heavy (non-hydrogen) atoms. The monoisotopic (exact) mass is 232 g/mol. The molecular weight excluding hydrogens is 216 g/mol. The fourth-order valence-electron chi connectivity index (χ4n) is 2.33. The van der Waals surface area contributed by atoms with Crippen LogP contribution in [0.5, 0.6) is 0 Å². The average Bonchev–Trinajstić information content (AvgIpc) is 2.76. The van der Waals surface area contributed by atoms with E-state index in [1.165, 1.54) is 5.56 Å². The van der Waals surface area contributed by atoms with E-state index in [9.17, 15) is 10.1 Å². The number of nitro groups is 1. The van der Waals surface area contributed by atoms with Crippen LogP contribution in [0.3, 0.4) is 0 Å². The molecule has 1 aromatic carbocycles. The van der Waals surface area contributed by atoms with Gasteiger partial charge in [-0.3, -0.25) is 10.1 Å². The number of benzene rings is 1. The smallest absolute Gasteiger partial charge is 0.253 e. The predicted molar refractivity (Wildman–Crippen MR) is 65.9 cm³/mol. The predicted octanol–water partition coefficient (Wildman–Crippen LogP) is 2.96. The number of hydrogen-bond acceptors (Lipinski definition) is 3. The standard InChI is InChI=1S/C13H16N2O2/c1-11(12-6-3-2-4-7-12)14-9-5-8-13(14)10-15(16)17/h2-4,6-7,10-11H,5,8-9H2,1H3. The lowest BCUT2D eigenvalue weighted by molar-refractivity contribution is -0.404. The third-order valence-corrected chi connectivity index (χ3v) is 3.20. The lowest BCUT2D eigenvalue weighted by Gasteiger charge is -2.26. The Kier molecular flexibility index (Phi) is 3.42. The first-order chi connectivity index (χ1) is 8.18. The second-order valence-electron chi connectivity index (χ2n) is 4.29. The Labute approximate surface area is 101 Å². The number of likely N-dealkylation sites (tertiary alicyclic amines) is 1. The molecule has 0 amide bonds. The summed E-state index contributed by atoms with van der Waals surface area (Å²) >= 11 is 0. The van der Waals surface area contributed by atoms with Crippen LogP contribution in [0.2, 0.25) is 0 Å². The molecule has 2 rings (SSSR count). The molecule has 0 aliphatic carbocycles. The SMILES string of the molecule is CC(c1ccccc1)N1CCCC1=C[N+](=O)[O-]. The molecule has 1 saturated heterocycles. The van der Waals surface area contributed by atoms with E-state index in [0.717, 1.165) is 31.3 Å². The second-order valence-corrected chi connectivity index (χ2v) is 4.29. The van der Waals surface area contributed by atoms with Crippen LogP contribution in [0.4, 0.5) is 0 Å². The van der Waals surface area contributed by atoms with Crippen LogP contribution in [0.1, 0.15) is 31.4 Å². The van der Waals surface area contributed by atoms with E-state index in [4.69, 9.17) is 0 Å². The minimum atomic E-state index is -0.356. The first kappa shape index (κ1) is 11.6. The Morgan fingerprint density at radius 2 is 2.12 bits per heavy atom. The molecule has 4 nitrogen and oxygen atoms in total. The summed E-state index contributed by atoms with van der Waals surface area (Å²) in [5, 5.41) is 10.6. The van der Waals surface area contributed by atoms with Gasteiger partial charge in [-0.25, -0.2) is 0 Å². The van der Waals surface area contributed by atoms with Gasteiger partial charge in [-0.05, 0) is 25.3 Å². The summed E-state index contributed by atoms with van der Waals surface area (Å²) in [6.45, 7) is 2.99. The summed E-state index contributed by atoms with van der Waals surface area (Å²) in [5.74, 6) is 0. The van der Waals surface area contributed by atoms with E-state index in [0.29, 0.717) is 0 Å². The van der Waals surface area contributed by atoms with E-state index in [1.54, 1.807) is 0 Å². The highest BCUT2D eigenvalue weighted by Crippen LogP contribution is 2.31. The number of rotatable bonds is 3. The maximum absolute atomic E-state index is 10.6. The zero-order chi connectivity index (χ0) is 12.3. The number of nitrogens with zero attached hydrogens (tertiary/aromatic N) is 2. The van der Waals surface area contributed by atoms with Crippen LogP contribution in [0.25, 0.3) is 0 Å². The molecule has 90 valence electrons. The summed E-state index contributed by atoms with van der Waals surface area (Å²) in [4.78, 5) is 12.3. The minimum Gasteiger partial charge on any atom is -0.363 e. The van der Waals surface area contributed by atoms with Crippen molar-refractivity contribution in [2.75, 3.05) is 6.54 Å². The minimum absolute atomic E-state index is 0.199. The quantitative estimate of drug-likeness (QED) is 0.594. The molecule has 1 unspecified atom stereocenters. The van der Waals surface area contributed by atoms with Crippen LogP contribution < -0.4 is 0 Å². The molecule has 1 aliphatic rings. The largest absolute Gasteiger partial charge is 0.363 e. The van der Waals surface area contributed by atoms with Gasteiger partial charge in [0.1, 0.15) is 0 Å². The highest BCUT2D eigenvalue weighted by atomic mass is 16.6. The van der Waals surface area contributed by atoms with Crippen molar-refractivity contribution in [3.8, 4) is 0 Å². The van der Waals surface area contributed by atoms with Crippen LogP contribution in [0.15, 0.2) is 42.2 Å². The Morgan fingerprint density at radius 3 is 2.76 bits per heavy atom. The molecule has 0 radical (unpaired) electrons. The van der Waals surface area contributed by atoms with Crippen LogP contribution in [0, 0.1) is 10.1 Å². The topological polar surface area (TPSA) is 46.4 Å². The Bertz CT molecular complexity index is 428. The van der Waals surface area contributed by atoms with Gasteiger partial charge in [0.05, 0.1) is 16.7 Å². The van der Waals surface area contributed by atoms with Gasteiger partial charge in [0, 0.05) is 6.54 Å². The van der Waals surface area contributed by atoms with Gasteiger partial charge in [-0.15, -0.1) is 0 Å². The van der Waals surface area contributed by atoms with Gasteiger partial charge in [0.25, 0.3) is 6.20 Å². The van der Waals surface area contributed by atoms with Crippen LogP contribution in [-0.4, -0.2) is 16.4 Å². The molecule has 0 spiro atoms. The van der Waals surface area contributed by atoms with Crippen molar-refractivity contribution in [1.82, 2.24) is 4.90 Å². The zero-order valence-electron chi connectivity index (χ0n) is 9.87. The third-order valence-electron chi connectivity index (χ3n) is 3.20. The molecular formula is C13H16N2O2. The van der Waals surface area contributed by atoms with Crippen LogP contribution in [-0.2, 0) is 0 Å². The second kappa shape index (κ2) is 4.99. The van der Waals surface area contributed by atoms with Crippen molar-refractivity contribution in [2.45, 2.75) is 25.8 Å². The van der Waals surface area contributed by atoms with Crippen molar-refractivity contribution >= 4 is 0 Å². The Hall–Kier alpha value is -1.84. The van der Waals surface area contributed by atoms with Gasteiger partial charge in [-0.2, -0.15) is 0 Å². The van der Waals surface area contributed by atoms with Gasteiger partial charge in [-0.1, -0.05) is 30.3 Å². The maximum Gasteiger partial charge on any atom is 0.253 e. The Morgan fingerprint density at radius 1 is 1.41 bits per heavy atom. The summed E-state index contributed by atoms with van der Waals surface area (Å²) < 4.78 is 0. The van der Waals surface area contributed by atoms with Crippen LogP contribution >= 0.6 is 0 Å². The Balaban J connectivity index is 2.19. The first-order valence-corrected chi connectivity index (χ1v) is 5.84. The third kappa shape index (κ3) is 2.64. The van der Waals surface area contributed by atoms with Gasteiger partial charge in [0.2, 0.25) is 0 Å². The van der Waals surface area contributed by atoms with Gasteiger partial charge < -0.3 is 4.90 Å². The molecule has 4 heteroatoms. The lowest BCUT2D eigenvalue weighted by atomic mass is 10.1. The summed E-state index contributed by atoms with van der Waals surface area (Å²) in [6.07, 6.45) is 2.95. The van der Waals surface area contributed by atoms with E-state index in [2.05, 4.69) is 24.0 Å². The molecule has 1 atom stereocenters. The highest BCUT2D eigenvalue weighted by Gasteiger charge is 2.25. The fourth-order valence-corrected chi connectivity index (χ4v) is 2.33. The van der Waals surface area contributed by atoms with Crippen molar-refractivity contribution in [1.29, 1.82) is 0 Å². The van der Waals surface area contributed by atoms with E-state index in [-0.39, 0.29) is 11.0 Å². The molecule has 0 saturated carbocycles. The maximum atomic E-state index is 10.6. The van der Waals surface area contributed by atoms with Crippen molar-refractivity contribution in [2.24, 2.45) is 0 Å². The van der Waals surface area contributed by atoms with Gasteiger partial charge >= 0.3 is 0 Å². The molecule has 1 heterocycles. The molecule has 0 bridgehead atoms. The zero-order valence-corrected chi connectivity index (χ0v) is 9.87. The van der Waals surface area contributed by atoms with E-state index >= 15 is 0 Å². The van der Waals surface area contributed by atoms with Crippen molar-refractivity contribution in [3.63, 3.8) is 0 Å². The molecule has 0 aromatic heterocycles. The number of allylic oxidation sites excluding steroid dienone is 1. The number of hydrogen-bond donors (Lipinski definition) is 0. The molecule has 1 aromatic rings. The summed E-state index contributed by atoms with van der Waals surface area (Å²) in [6, 6.07) is 10.3. The van der Waals surface area contributed by atoms with Crippen molar-refractivity contribution < 1.29 is 4.92 Å². The molecule has 1 fully saturated rings. The molecule has 0 N–H and O–H groups in total. The van der Waals surface area contributed by atoms with Crippen molar-refractivity contribution in [3.05, 3.63) is 57.9 Å². The summed E-state index contributed by atoms with van der Waals surface area (Å²) in [5.41, 5.74) is 2.04. The fraction of sp³-hybridized carbons (Fsp3) is 0.385. The van der Waals surface area contributed by atoms with E-state index in [1.807, 2.05) is 18.2 Å². The highest BCUT2D eigenvalue weighted by molar-refractivity contribution is 5.21. The van der Waals surface area contributed by atoms with E-state index < -0.39 is 0 Å². The normalized spacial score (nSPS) is 19.6.